The van der Waals surface area contributed by atoms with Crippen LogP contribution in [0.2, 0.25) is 19.6 Å². The number of allylic oxidation sites excluding steroid dienone is 1. The van der Waals surface area contributed by atoms with Crippen molar-refractivity contribution in [1.82, 2.24) is 4.90 Å². The van der Waals surface area contributed by atoms with E-state index in [9.17, 15) is 0 Å². The molecule has 2 aliphatic rings. The first-order chi connectivity index (χ1) is 8.74. The maximum absolute atomic E-state index is 6.09. The van der Waals surface area contributed by atoms with Gasteiger partial charge in [0.05, 0.1) is 33.8 Å². The minimum Gasteiger partial charge on any atom is -0.367 e. The lowest BCUT2D eigenvalue weighted by Gasteiger charge is -2.41. The van der Waals surface area contributed by atoms with Crippen molar-refractivity contribution in [2.45, 2.75) is 46.3 Å². The molecule has 108 valence electrons. The molecule has 2 unspecified atom stereocenters. The quantitative estimate of drug-likeness (QED) is 0.331. The number of hydrogen-bond acceptors (Lipinski definition) is 3. The maximum Gasteiger partial charge on any atom is 0.0985 e. The number of alkyl halides is 2. The standard InChI is InChI=1S/C13H22I2N2OSi/c1-5-18-12(19(2,3)4)17-9-16-10-6-7-13(14,15)8-11(10)17/h6-7,11-12H,5,8-9H2,1-4H3. The third-order valence-electron chi connectivity index (χ3n) is 3.49. The summed E-state index contributed by atoms with van der Waals surface area (Å²) in [6, 6.07) is 0.432. The molecule has 1 aliphatic carbocycles. The van der Waals surface area contributed by atoms with E-state index in [1.807, 2.05) is 0 Å². The molecule has 0 N–H and O–H groups in total. The fraction of sp³-hybridized carbons (Fsp3) is 0.769. The molecule has 0 spiro atoms. The Bertz CT molecular complexity index is 404. The molecule has 0 saturated carbocycles. The van der Waals surface area contributed by atoms with E-state index < -0.39 is 8.07 Å². The predicted molar refractivity (Wildman–Crippen MR) is 101 cm³/mol. The van der Waals surface area contributed by atoms with Crippen LogP contribution >= 0.6 is 45.2 Å². The van der Waals surface area contributed by atoms with Crippen molar-refractivity contribution in [2.75, 3.05) is 13.3 Å². The van der Waals surface area contributed by atoms with Crippen LogP contribution in [0, 0.1) is 0 Å². The highest BCUT2D eigenvalue weighted by Gasteiger charge is 2.44. The molecule has 0 amide bonds. The van der Waals surface area contributed by atoms with E-state index in [1.54, 1.807) is 0 Å². The largest absolute Gasteiger partial charge is 0.367 e. The van der Waals surface area contributed by atoms with Gasteiger partial charge in [0.2, 0.25) is 0 Å². The number of ether oxygens (including phenoxy) is 1. The number of hydrogen-bond donors (Lipinski definition) is 0. The van der Waals surface area contributed by atoms with Crippen molar-refractivity contribution >= 4 is 59.0 Å². The minimum absolute atomic E-state index is 0.206. The summed E-state index contributed by atoms with van der Waals surface area (Å²) in [5.74, 6) is 0.263. The molecule has 0 fully saturated rings. The van der Waals surface area contributed by atoms with Gasteiger partial charge in [-0.3, -0.25) is 9.89 Å². The van der Waals surface area contributed by atoms with Crippen molar-refractivity contribution < 1.29 is 4.74 Å². The molecule has 0 aromatic rings. The second-order valence-electron chi connectivity index (χ2n) is 6.23. The predicted octanol–water partition coefficient (Wildman–Crippen LogP) is 3.84. The Morgan fingerprint density at radius 2 is 2.21 bits per heavy atom. The zero-order chi connectivity index (χ0) is 14.3. The smallest absolute Gasteiger partial charge is 0.0985 e. The summed E-state index contributed by atoms with van der Waals surface area (Å²) in [7, 11) is -1.39. The first-order valence-electron chi connectivity index (χ1n) is 6.73. The Morgan fingerprint density at radius 1 is 1.53 bits per heavy atom. The average Bonchev–Trinajstić information content (AvgIpc) is 2.65. The highest BCUT2D eigenvalue weighted by molar-refractivity contribution is 14.2. The van der Waals surface area contributed by atoms with Gasteiger partial charge in [-0.1, -0.05) is 70.9 Å². The minimum atomic E-state index is -1.39. The second kappa shape index (κ2) is 6.02. The van der Waals surface area contributed by atoms with Crippen LogP contribution in [0.15, 0.2) is 17.1 Å². The number of rotatable bonds is 4. The number of halogens is 2. The van der Waals surface area contributed by atoms with Crippen LogP contribution in [0.1, 0.15) is 13.3 Å². The highest BCUT2D eigenvalue weighted by Crippen LogP contribution is 2.41. The molecular formula is C13H22I2N2OSi. The third-order valence-corrected chi connectivity index (χ3v) is 7.07. The van der Waals surface area contributed by atoms with Crippen LogP contribution in [0.3, 0.4) is 0 Å². The molecule has 3 nitrogen and oxygen atoms in total. The molecule has 0 aromatic carbocycles. The first kappa shape index (κ1) is 16.4. The fourth-order valence-corrected chi connectivity index (χ4v) is 5.81. The van der Waals surface area contributed by atoms with Crippen molar-refractivity contribution in [1.29, 1.82) is 0 Å². The number of aliphatic imine (C=N–C) groups is 1. The van der Waals surface area contributed by atoms with Crippen LogP contribution in [-0.4, -0.2) is 45.3 Å². The molecule has 2 rings (SSSR count). The SMILES string of the molecule is CCOC(N1CN=C2C=CC(I)(I)CC21)[Si](C)(C)C. The van der Waals surface area contributed by atoms with E-state index in [0.29, 0.717) is 6.04 Å². The second-order valence-corrected chi connectivity index (χ2v) is 17.4. The Balaban J connectivity index is 2.21. The molecule has 0 radical (unpaired) electrons. The zero-order valence-corrected chi connectivity index (χ0v) is 17.3. The van der Waals surface area contributed by atoms with Crippen molar-refractivity contribution in [3.63, 3.8) is 0 Å². The van der Waals surface area contributed by atoms with E-state index in [4.69, 9.17) is 9.73 Å². The third kappa shape index (κ3) is 3.81. The van der Waals surface area contributed by atoms with E-state index in [1.165, 1.54) is 5.71 Å². The summed E-state index contributed by atoms with van der Waals surface area (Å²) in [6.45, 7) is 10.8. The van der Waals surface area contributed by atoms with E-state index in [0.717, 1.165) is 19.7 Å². The summed E-state index contributed by atoms with van der Waals surface area (Å²) in [5.41, 5.74) is 1.24. The summed E-state index contributed by atoms with van der Waals surface area (Å²) < 4.78 is 6.30. The Labute approximate surface area is 144 Å². The Hall–Kier alpha value is 1.01. The van der Waals surface area contributed by atoms with E-state index >= 15 is 0 Å². The van der Waals surface area contributed by atoms with Crippen LogP contribution in [0.25, 0.3) is 0 Å². The van der Waals surface area contributed by atoms with Gasteiger partial charge >= 0.3 is 0 Å². The van der Waals surface area contributed by atoms with Gasteiger partial charge in [0.25, 0.3) is 0 Å². The van der Waals surface area contributed by atoms with Crippen molar-refractivity contribution in [3.05, 3.63) is 12.2 Å². The summed E-state index contributed by atoms with van der Waals surface area (Å²) in [6.07, 6.45) is 5.61. The lowest BCUT2D eigenvalue weighted by atomic mass is 10.00. The van der Waals surface area contributed by atoms with E-state index in [-0.39, 0.29) is 7.28 Å². The normalized spacial score (nSPS) is 28.1. The van der Waals surface area contributed by atoms with E-state index in [2.05, 4.69) is 88.8 Å². The summed E-state index contributed by atoms with van der Waals surface area (Å²) >= 11 is 5.06. The van der Waals surface area contributed by atoms with Gasteiger partial charge < -0.3 is 4.74 Å². The highest BCUT2D eigenvalue weighted by atomic mass is 127. The maximum atomic E-state index is 6.09. The molecule has 1 aliphatic heterocycles. The molecule has 2 atom stereocenters. The van der Waals surface area contributed by atoms with Gasteiger partial charge in [-0.2, -0.15) is 0 Å². The van der Waals surface area contributed by atoms with Crippen LogP contribution in [-0.2, 0) is 4.74 Å². The number of nitrogens with zero attached hydrogens (tertiary/aromatic N) is 2. The zero-order valence-electron chi connectivity index (χ0n) is 12.0. The van der Waals surface area contributed by atoms with Gasteiger partial charge in [-0.15, -0.1) is 0 Å². The monoisotopic (exact) mass is 504 g/mol. The van der Waals surface area contributed by atoms with Gasteiger partial charge in [-0.05, 0) is 19.4 Å². The topological polar surface area (TPSA) is 24.8 Å². The first-order valence-corrected chi connectivity index (χ1v) is 12.5. The lowest BCUT2D eigenvalue weighted by Crippen LogP contribution is -2.57. The number of fused-ring (bicyclic) bond motifs is 1. The molecule has 0 bridgehead atoms. The fourth-order valence-electron chi connectivity index (χ4n) is 2.69. The van der Waals surface area contributed by atoms with Gasteiger partial charge in [0, 0.05) is 6.61 Å². The molecule has 6 heteroatoms. The molecule has 19 heavy (non-hydrogen) atoms. The van der Waals surface area contributed by atoms with Crippen LogP contribution in [0.4, 0.5) is 0 Å². The van der Waals surface area contributed by atoms with Gasteiger partial charge in [0.1, 0.15) is 0 Å². The van der Waals surface area contributed by atoms with Crippen LogP contribution < -0.4 is 0 Å². The Morgan fingerprint density at radius 3 is 2.79 bits per heavy atom. The van der Waals surface area contributed by atoms with Gasteiger partial charge in [-0.25, -0.2) is 0 Å². The molecule has 0 saturated heterocycles. The summed E-state index contributed by atoms with van der Waals surface area (Å²) in [5, 5.41) is 0. The van der Waals surface area contributed by atoms with Crippen molar-refractivity contribution in [2.24, 2.45) is 4.99 Å². The average molecular weight is 504 g/mol. The Kier molecular flexibility index (Phi) is 5.19. The molecule has 0 aromatic heterocycles. The van der Waals surface area contributed by atoms with Crippen LogP contribution in [0.5, 0.6) is 0 Å². The van der Waals surface area contributed by atoms with Crippen molar-refractivity contribution in [3.8, 4) is 0 Å². The lowest BCUT2D eigenvalue weighted by molar-refractivity contribution is -0.0106. The molecule has 1 heterocycles. The molecular weight excluding hydrogens is 482 g/mol. The summed E-state index contributed by atoms with van der Waals surface area (Å²) in [4.78, 5) is 7.20. The van der Waals surface area contributed by atoms with Gasteiger partial charge in [0.15, 0.2) is 0 Å².